The molecule has 3 atom stereocenters. The van der Waals surface area contributed by atoms with E-state index < -0.39 is 0 Å². The number of ether oxygens (including phenoxy) is 2. The van der Waals surface area contributed by atoms with Crippen molar-refractivity contribution in [3.8, 4) is 0 Å². The fourth-order valence-corrected chi connectivity index (χ4v) is 3.30. The molecule has 0 radical (unpaired) electrons. The maximum atomic E-state index is 11.7. The van der Waals surface area contributed by atoms with Crippen LogP contribution in [0.5, 0.6) is 0 Å². The summed E-state index contributed by atoms with van der Waals surface area (Å²) in [5.41, 5.74) is 1.20. The number of hydrogen-bond acceptors (Lipinski definition) is 3. The van der Waals surface area contributed by atoms with E-state index in [0.717, 1.165) is 19.3 Å². The highest BCUT2D eigenvalue weighted by Crippen LogP contribution is 2.28. The van der Waals surface area contributed by atoms with Gasteiger partial charge in [-0.25, -0.2) is 0 Å². The summed E-state index contributed by atoms with van der Waals surface area (Å²) in [6.45, 7) is 4.78. The molecule has 1 heterocycles. The molecule has 1 fully saturated rings. The molecule has 1 aromatic carbocycles. The van der Waals surface area contributed by atoms with E-state index in [1.807, 2.05) is 25.1 Å². The van der Waals surface area contributed by atoms with Gasteiger partial charge in [0.25, 0.3) is 0 Å². The molecule has 0 aromatic heterocycles. The van der Waals surface area contributed by atoms with Gasteiger partial charge in [-0.2, -0.15) is 0 Å². The van der Waals surface area contributed by atoms with Crippen LogP contribution in [0.1, 0.15) is 70.8 Å². The molecule has 1 aliphatic heterocycles. The van der Waals surface area contributed by atoms with Crippen LogP contribution in [-0.2, 0) is 20.9 Å². The molecular formula is C21H32O3. The zero-order valence-corrected chi connectivity index (χ0v) is 15.2. The maximum Gasteiger partial charge on any atom is 0.135 e. The van der Waals surface area contributed by atoms with Crippen molar-refractivity contribution in [2.45, 2.75) is 90.1 Å². The normalized spacial score (nSPS) is 24.0. The van der Waals surface area contributed by atoms with Crippen LogP contribution in [0.25, 0.3) is 0 Å². The van der Waals surface area contributed by atoms with Gasteiger partial charge in [0.05, 0.1) is 24.9 Å². The SMILES string of the molecule is CCCCC[C@H]1O[C@@H](CC(=O)CC)CC[C@@H]1OCc1ccccc1. The molecule has 0 bridgehead atoms. The summed E-state index contributed by atoms with van der Waals surface area (Å²) in [5, 5.41) is 0. The Bertz CT molecular complexity index is 471. The van der Waals surface area contributed by atoms with E-state index in [1.165, 1.54) is 24.8 Å². The second-order valence-electron chi connectivity index (χ2n) is 6.80. The lowest BCUT2D eigenvalue weighted by Crippen LogP contribution is -2.41. The third-order valence-corrected chi connectivity index (χ3v) is 4.80. The summed E-state index contributed by atoms with van der Waals surface area (Å²) < 4.78 is 12.4. The smallest absolute Gasteiger partial charge is 0.135 e. The van der Waals surface area contributed by atoms with Crippen LogP contribution in [0.3, 0.4) is 0 Å². The lowest BCUT2D eigenvalue weighted by molar-refractivity contribution is -0.153. The van der Waals surface area contributed by atoms with Gasteiger partial charge in [-0.1, -0.05) is 63.4 Å². The van der Waals surface area contributed by atoms with E-state index in [0.29, 0.717) is 25.2 Å². The third kappa shape index (κ3) is 6.37. The van der Waals surface area contributed by atoms with E-state index in [9.17, 15) is 4.79 Å². The molecule has 0 amide bonds. The van der Waals surface area contributed by atoms with Gasteiger partial charge in [-0.15, -0.1) is 0 Å². The van der Waals surface area contributed by atoms with Crippen LogP contribution in [0.4, 0.5) is 0 Å². The van der Waals surface area contributed by atoms with Crippen LogP contribution in [-0.4, -0.2) is 24.1 Å². The average molecular weight is 332 g/mol. The van der Waals surface area contributed by atoms with Gasteiger partial charge in [0.1, 0.15) is 5.78 Å². The van der Waals surface area contributed by atoms with Gasteiger partial charge in [0.2, 0.25) is 0 Å². The van der Waals surface area contributed by atoms with Crippen LogP contribution >= 0.6 is 0 Å². The molecule has 1 aromatic rings. The lowest BCUT2D eigenvalue weighted by atomic mass is 9.94. The molecule has 0 aliphatic carbocycles. The molecule has 1 aliphatic rings. The van der Waals surface area contributed by atoms with E-state index in [2.05, 4.69) is 19.1 Å². The first kappa shape index (κ1) is 19.1. The predicted molar refractivity (Wildman–Crippen MR) is 97.0 cm³/mol. The molecule has 0 unspecified atom stereocenters. The van der Waals surface area contributed by atoms with Crippen LogP contribution in [0, 0.1) is 0 Å². The average Bonchev–Trinajstić information content (AvgIpc) is 2.62. The molecule has 2 rings (SSSR count). The predicted octanol–water partition coefficient (Wildman–Crippen LogP) is 5.07. The number of carbonyl (C=O) groups is 1. The van der Waals surface area contributed by atoms with Gasteiger partial charge in [-0.05, 0) is 24.8 Å². The zero-order chi connectivity index (χ0) is 17.2. The minimum atomic E-state index is 0.0839. The molecule has 0 saturated carbocycles. The van der Waals surface area contributed by atoms with E-state index in [-0.39, 0.29) is 18.3 Å². The Balaban J connectivity index is 1.88. The Kier molecular flexibility index (Phi) is 8.48. The largest absolute Gasteiger partial charge is 0.372 e. The minimum absolute atomic E-state index is 0.0839. The van der Waals surface area contributed by atoms with Crippen molar-refractivity contribution in [2.75, 3.05) is 0 Å². The second-order valence-corrected chi connectivity index (χ2v) is 6.80. The molecule has 0 N–H and O–H groups in total. The summed E-state index contributed by atoms with van der Waals surface area (Å²) >= 11 is 0. The van der Waals surface area contributed by atoms with Crippen molar-refractivity contribution in [1.29, 1.82) is 0 Å². The maximum absolute atomic E-state index is 11.7. The highest BCUT2D eigenvalue weighted by atomic mass is 16.5. The van der Waals surface area contributed by atoms with Gasteiger partial charge >= 0.3 is 0 Å². The summed E-state index contributed by atoms with van der Waals surface area (Å²) in [6.07, 6.45) is 8.08. The topological polar surface area (TPSA) is 35.5 Å². The highest BCUT2D eigenvalue weighted by Gasteiger charge is 2.32. The lowest BCUT2D eigenvalue weighted by Gasteiger charge is -2.36. The zero-order valence-electron chi connectivity index (χ0n) is 15.2. The highest BCUT2D eigenvalue weighted by molar-refractivity contribution is 5.78. The Hall–Kier alpha value is -1.19. The Morgan fingerprint density at radius 3 is 2.67 bits per heavy atom. The van der Waals surface area contributed by atoms with Crippen molar-refractivity contribution in [2.24, 2.45) is 0 Å². The number of ketones is 1. The van der Waals surface area contributed by atoms with E-state index in [1.54, 1.807) is 0 Å². The Morgan fingerprint density at radius 1 is 1.17 bits per heavy atom. The molecule has 134 valence electrons. The first-order valence-electron chi connectivity index (χ1n) is 9.55. The van der Waals surface area contributed by atoms with Crippen molar-refractivity contribution >= 4 is 5.78 Å². The summed E-state index contributed by atoms with van der Waals surface area (Å²) in [5.74, 6) is 0.302. The fraction of sp³-hybridized carbons (Fsp3) is 0.667. The number of carbonyl (C=O) groups excluding carboxylic acids is 1. The number of Topliss-reactive ketones (excluding diaryl/α,β-unsaturated/α-hetero) is 1. The Labute approximate surface area is 146 Å². The molecule has 3 nitrogen and oxygen atoms in total. The first-order chi connectivity index (χ1) is 11.7. The number of unbranched alkanes of at least 4 members (excludes halogenated alkanes) is 2. The monoisotopic (exact) mass is 332 g/mol. The van der Waals surface area contributed by atoms with Crippen LogP contribution < -0.4 is 0 Å². The molecule has 3 heteroatoms. The molecule has 0 spiro atoms. The Morgan fingerprint density at radius 2 is 1.96 bits per heavy atom. The van der Waals surface area contributed by atoms with Gasteiger partial charge in [0, 0.05) is 12.8 Å². The molecule has 1 saturated heterocycles. The van der Waals surface area contributed by atoms with Gasteiger partial charge in [-0.3, -0.25) is 4.79 Å². The minimum Gasteiger partial charge on any atom is -0.372 e. The first-order valence-corrected chi connectivity index (χ1v) is 9.55. The summed E-state index contributed by atoms with van der Waals surface area (Å²) in [6, 6.07) is 10.3. The fourth-order valence-electron chi connectivity index (χ4n) is 3.30. The second kappa shape index (κ2) is 10.6. The molecular weight excluding hydrogens is 300 g/mol. The van der Waals surface area contributed by atoms with Crippen molar-refractivity contribution in [3.05, 3.63) is 35.9 Å². The van der Waals surface area contributed by atoms with Gasteiger partial charge < -0.3 is 9.47 Å². The third-order valence-electron chi connectivity index (χ3n) is 4.80. The van der Waals surface area contributed by atoms with Crippen molar-refractivity contribution in [3.63, 3.8) is 0 Å². The quantitative estimate of drug-likeness (QED) is 0.561. The van der Waals surface area contributed by atoms with Crippen LogP contribution in [0.15, 0.2) is 30.3 Å². The summed E-state index contributed by atoms with van der Waals surface area (Å²) in [7, 11) is 0. The van der Waals surface area contributed by atoms with Crippen LogP contribution in [0.2, 0.25) is 0 Å². The van der Waals surface area contributed by atoms with Gasteiger partial charge in [0.15, 0.2) is 0 Å². The van der Waals surface area contributed by atoms with E-state index >= 15 is 0 Å². The number of hydrogen-bond donors (Lipinski definition) is 0. The number of benzene rings is 1. The van der Waals surface area contributed by atoms with E-state index in [4.69, 9.17) is 9.47 Å². The molecule has 24 heavy (non-hydrogen) atoms. The van der Waals surface area contributed by atoms with Crippen molar-refractivity contribution in [1.82, 2.24) is 0 Å². The number of rotatable bonds is 10. The standard InChI is InChI=1S/C21H32O3/c1-3-5-7-12-21-20(23-16-17-10-8-6-9-11-17)14-13-19(24-21)15-18(22)4-2/h6,8-11,19-21H,3-5,7,12-16H2,1-2H3/t19-,20+,21-/m1/s1. The summed E-state index contributed by atoms with van der Waals surface area (Å²) in [4.78, 5) is 11.7. The van der Waals surface area contributed by atoms with Crippen molar-refractivity contribution < 1.29 is 14.3 Å².